The number of carbonyl (C=O) groups excluding carboxylic acids is 1. The van der Waals surface area contributed by atoms with E-state index < -0.39 is 10.0 Å². The van der Waals surface area contributed by atoms with Gasteiger partial charge in [-0.15, -0.1) is 12.4 Å². The maximum absolute atomic E-state index is 12.0. The van der Waals surface area contributed by atoms with E-state index in [-0.39, 0.29) is 29.8 Å². The topological polar surface area (TPSA) is 78.5 Å². The number of hydrogen-bond donors (Lipinski definition) is 2. The fourth-order valence-corrected chi connectivity index (χ4v) is 2.81. The van der Waals surface area contributed by atoms with Crippen molar-refractivity contribution >= 4 is 34.0 Å². The molecule has 1 amide bonds. The molecule has 0 aromatic heterocycles. The van der Waals surface area contributed by atoms with Crippen LogP contribution >= 0.6 is 12.4 Å². The average molecular weight is 348 g/mol. The number of carbonyl (C=O) groups is 1. The van der Waals surface area contributed by atoms with E-state index in [4.69, 9.17) is 0 Å². The minimum atomic E-state index is -3.49. The molecule has 1 saturated carbocycles. The first kappa shape index (κ1) is 18.9. The van der Waals surface area contributed by atoms with E-state index in [1.54, 1.807) is 12.1 Å². The Hall–Kier alpha value is -1.15. The van der Waals surface area contributed by atoms with E-state index in [1.165, 1.54) is 39.1 Å². The van der Waals surface area contributed by atoms with Crippen molar-refractivity contribution in [2.45, 2.75) is 17.7 Å². The number of anilines is 1. The van der Waals surface area contributed by atoms with Gasteiger partial charge in [0.25, 0.3) is 0 Å². The van der Waals surface area contributed by atoms with Gasteiger partial charge in [-0.2, -0.15) is 0 Å². The highest BCUT2D eigenvalue weighted by molar-refractivity contribution is 7.89. The second-order valence-electron chi connectivity index (χ2n) is 5.44. The summed E-state index contributed by atoms with van der Waals surface area (Å²) in [5.41, 5.74) is 0.483. The molecule has 2 N–H and O–H groups in total. The normalized spacial score (nSPS) is 14.5. The second-order valence-corrected chi connectivity index (χ2v) is 7.59. The van der Waals surface area contributed by atoms with Crippen molar-refractivity contribution in [3.8, 4) is 0 Å². The van der Waals surface area contributed by atoms with Crippen LogP contribution in [0.5, 0.6) is 0 Å². The van der Waals surface area contributed by atoms with Gasteiger partial charge in [0.2, 0.25) is 15.9 Å². The molecule has 1 aromatic carbocycles. The average Bonchev–Trinajstić information content (AvgIpc) is 3.23. The van der Waals surface area contributed by atoms with E-state index in [2.05, 4.69) is 10.6 Å². The van der Waals surface area contributed by atoms with Crippen molar-refractivity contribution < 1.29 is 13.2 Å². The first-order valence-corrected chi connectivity index (χ1v) is 8.37. The number of hydrogen-bond acceptors (Lipinski definition) is 4. The molecule has 0 bridgehead atoms. The molecule has 1 aromatic rings. The van der Waals surface area contributed by atoms with Gasteiger partial charge >= 0.3 is 0 Å². The lowest BCUT2D eigenvalue weighted by atomic mass is 10.3. The van der Waals surface area contributed by atoms with E-state index in [9.17, 15) is 13.2 Å². The Kier molecular flexibility index (Phi) is 6.80. The molecular weight excluding hydrogens is 326 g/mol. The number of nitrogens with one attached hydrogen (secondary N) is 2. The molecule has 0 aliphatic heterocycles. The van der Waals surface area contributed by atoms with Gasteiger partial charge < -0.3 is 10.6 Å². The third-order valence-corrected chi connectivity index (χ3v) is 5.12. The molecule has 0 saturated heterocycles. The van der Waals surface area contributed by atoms with Crippen molar-refractivity contribution in [3.05, 3.63) is 24.3 Å². The number of amides is 1. The van der Waals surface area contributed by atoms with Gasteiger partial charge in [0, 0.05) is 19.8 Å². The van der Waals surface area contributed by atoms with Crippen molar-refractivity contribution in [3.63, 3.8) is 0 Å². The highest BCUT2D eigenvalue weighted by Crippen LogP contribution is 2.27. The zero-order valence-electron chi connectivity index (χ0n) is 12.7. The first-order valence-electron chi connectivity index (χ1n) is 6.93. The molecule has 0 radical (unpaired) electrons. The molecule has 2 rings (SSSR count). The van der Waals surface area contributed by atoms with Crippen LogP contribution < -0.4 is 10.6 Å². The number of nitrogens with zero attached hydrogens (tertiary/aromatic N) is 1. The van der Waals surface area contributed by atoms with Crippen LogP contribution in [-0.2, 0) is 14.8 Å². The smallest absolute Gasteiger partial charge is 0.242 e. The first-order chi connectivity index (χ1) is 9.89. The molecule has 0 spiro atoms. The molecule has 0 heterocycles. The zero-order chi connectivity index (χ0) is 15.5. The summed E-state index contributed by atoms with van der Waals surface area (Å²) < 4.78 is 25.2. The van der Waals surface area contributed by atoms with Crippen LogP contribution in [0, 0.1) is 5.92 Å². The molecule has 1 aliphatic carbocycles. The summed E-state index contributed by atoms with van der Waals surface area (Å²) in [5, 5.41) is 5.79. The van der Waals surface area contributed by atoms with Crippen LogP contribution in [0.2, 0.25) is 0 Å². The quantitative estimate of drug-likeness (QED) is 0.779. The monoisotopic (exact) mass is 347 g/mol. The summed E-state index contributed by atoms with van der Waals surface area (Å²) in [4.78, 5) is 11.9. The van der Waals surface area contributed by atoms with Gasteiger partial charge in [-0.25, -0.2) is 12.7 Å². The molecule has 1 fully saturated rings. The highest BCUT2D eigenvalue weighted by Gasteiger charge is 2.21. The van der Waals surface area contributed by atoms with E-state index in [0.717, 1.165) is 10.8 Å². The van der Waals surface area contributed by atoms with Crippen LogP contribution in [0.25, 0.3) is 0 Å². The Morgan fingerprint density at radius 1 is 1.32 bits per heavy atom. The minimum Gasteiger partial charge on any atom is -0.325 e. The Balaban J connectivity index is 0.00000242. The summed E-state index contributed by atoms with van der Waals surface area (Å²) in [6, 6.07) is 6.27. The van der Waals surface area contributed by atoms with Crippen molar-refractivity contribution in [1.82, 2.24) is 9.62 Å². The van der Waals surface area contributed by atoms with E-state index in [1.807, 2.05) is 0 Å². The van der Waals surface area contributed by atoms with Crippen LogP contribution in [0.3, 0.4) is 0 Å². The summed E-state index contributed by atoms with van der Waals surface area (Å²) in [6.07, 6.45) is 2.47. The second kappa shape index (κ2) is 7.92. The SMILES string of the molecule is CN(C)S(=O)(=O)c1cccc(NC(=O)CNCC2CC2)c1.Cl. The lowest BCUT2D eigenvalue weighted by Crippen LogP contribution is -2.29. The lowest BCUT2D eigenvalue weighted by molar-refractivity contribution is -0.115. The molecule has 124 valence electrons. The summed E-state index contributed by atoms with van der Waals surface area (Å²) in [6.45, 7) is 1.10. The van der Waals surface area contributed by atoms with Crippen molar-refractivity contribution in [2.75, 3.05) is 32.5 Å². The van der Waals surface area contributed by atoms with Gasteiger partial charge in [0.05, 0.1) is 11.4 Å². The van der Waals surface area contributed by atoms with Crippen LogP contribution in [-0.4, -0.2) is 45.8 Å². The third-order valence-electron chi connectivity index (χ3n) is 3.31. The Labute approximate surface area is 137 Å². The van der Waals surface area contributed by atoms with Gasteiger partial charge in [-0.1, -0.05) is 6.07 Å². The minimum absolute atomic E-state index is 0. The predicted molar refractivity (Wildman–Crippen MR) is 88.8 cm³/mol. The summed E-state index contributed by atoms with van der Waals surface area (Å²) in [5.74, 6) is 0.543. The van der Waals surface area contributed by atoms with Gasteiger partial charge in [0.1, 0.15) is 0 Å². The van der Waals surface area contributed by atoms with Crippen molar-refractivity contribution in [2.24, 2.45) is 5.92 Å². The fourth-order valence-electron chi connectivity index (χ4n) is 1.86. The predicted octanol–water partition coefficient (Wildman–Crippen LogP) is 1.30. The number of sulfonamides is 1. The molecule has 22 heavy (non-hydrogen) atoms. The number of benzene rings is 1. The van der Waals surface area contributed by atoms with Crippen LogP contribution in [0.4, 0.5) is 5.69 Å². The van der Waals surface area contributed by atoms with Crippen LogP contribution in [0.15, 0.2) is 29.2 Å². The zero-order valence-corrected chi connectivity index (χ0v) is 14.3. The van der Waals surface area contributed by atoms with Gasteiger partial charge in [-0.05, 0) is 43.5 Å². The van der Waals surface area contributed by atoms with Crippen LogP contribution in [0.1, 0.15) is 12.8 Å². The summed E-state index contributed by atoms with van der Waals surface area (Å²) >= 11 is 0. The van der Waals surface area contributed by atoms with E-state index in [0.29, 0.717) is 11.6 Å². The molecule has 8 heteroatoms. The molecule has 0 unspecified atom stereocenters. The molecule has 0 atom stereocenters. The largest absolute Gasteiger partial charge is 0.325 e. The maximum atomic E-state index is 12.0. The number of rotatable bonds is 7. The summed E-state index contributed by atoms with van der Waals surface area (Å²) in [7, 11) is -0.540. The fraction of sp³-hybridized carbons (Fsp3) is 0.500. The molecule has 1 aliphatic rings. The lowest BCUT2D eigenvalue weighted by Gasteiger charge is -2.12. The Bertz CT molecular complexity index is 616. The Morgan fingerprint density at radius 2 is 2.00 bits per heavy atom. The highest BCUT2D eigenvalue weighted by atomic mass is 35.5. The van der Waals surface area contributed by atoms with E-state index >= 15 is 0 Å². The van der Waals surface area contributed by atoms with Gasteiger partial charge in [-0.3, -0.25) is 4.79 Å². The van der Waals surface area contributed by atoms with Crippen molar-refractivity contribution in [1.29, 1.82) is 0 Å². The molecule has 6 nitrogen and oxygen atoms in total. The Morgan fingerprint density at radius 3 is 2.59 bits per heavy atom. The maximum Gasteiger partial charge on any atom is 0.242 e. The third kappa shape index (κ3) is 5.24. The standard InChI is InChI=1S/C14H21N3O3S.ClH/c1-17(2)21(19,20)13-5-3-4-12(8-13)16-14(18)10-15-9-11-6-7-11;/h3-5,8,11,15H,6-7,9-10H2,1-2H3,(H,16,18);1H. The van der Waals surface area contributed by atoms with Gasteiger partial charge in [0.15, 0.2) is 0 Å². The number of halogens is 1. The molecular formula is C14H22ClN3O3S.